The minimum atomic E-state index is -0.822. The van der Waals surface area contributed by atoms with Crippen molar-refractivity contribution >= 4 is 35.1 Å². The molecule has 1 aromatic carbocycles. The van der Waals surface area contributed by atoms with Gasteiger partial charge in [0.05, 0.1) is 24.6 Å². The van der Waals surface area contributed by atoms with E-state index in [1.165, 1.54) is 12.0 Å². The van der Waals surface area contributed by atoms with Gasteiger partial charge in [0.2, 0.25) is 11.8 Å². The number of halogens is 1. The van der Waals surface area contributed by atoms with Gasteiger partial charge in [-0.2, -0.15) is 0 Å². The number of nitrogens with one attached hydrogen (secondary N) is 1. The zero-order valence-corrected chi connectivity index (χ0v) is 15.2. The number of carbonyl (C=O) groups is 3. The van der Waals surface area contributed by atoms with Crippen molar-refractivity contribution < 1.29 is 24.2 Å². The van der Waals surface area contributed by atoms with Crippen molar-refractivity contribution in [3.63, 3.8) is 0 Å². The van der Waals surface area contributed by atoms with Crippen LogP contribution in [0.2, 0.25) is 5.02 Å². The van der Waals surface area contributed by atoms with Crippen molar-refractivity contribution in [3.8, 4) is 5.75 Å². The van der Waals surface area contributed by atoms with Crippen LogP contribution in [0.3, 0.4) is 0 Å². The van der Waals surface area contributed by atoms with Gasteiger partial charge in [-0.25, -0.2) is 0 Å². The van der Waals surface area contributed by atoms with Crippen LogP contribution in [0.15, 0.2) is 18.2 Å². The molecule has 1 aliphatic heterocycles. The van der Waals surface area contributed by atoms with Gasteiger partial charge in [0.25, 0.3) is 0 Å². The first-order chi connectivity index (χ1) is 12.4. The van der Waals surface area contributed by atoms with E-state index in [0.29, 0.717) is 35.7 Å². The summed E-state index contributed by atoms with van der Waals surface area (Å²) in [6.45, 7) is 0.246. The monoisotopic (exact) mass is 380 g/mol. The zero-order valence-electron chi connectivity index (χ0n) is 14.4. The van der Waals surface area contributed by atoms with Gasteiger partial charge in [-0.3, -0.25) is 14.4 Å². The van der Waals surface area contributed by atoms with Crippen LogP contribution in [0, 0.1) is 11.8 Å². The molecule has 0 radical (unpaired) electrons. The topological polar surface area (TPSA) is 95.9 Å². The van der Waals surface area contributed by atoms with E-state index in [1.807, 2.05) is 0 Å². The Hall–Kier alpha value is -2.28. The van der Waals surface area contributed by atoms with Crippen molar-refractivity contribution in [2.45, 2.75) is 31.7 Å². The molecule has 26 heavy (non-hydrogen) atoms. The number of benzene rings is 1. The van der Waals surface area contributed by atoms with Gasteiger partial charge in [-0.05, 0) is 37.5 Å². The Morgan fingerprint density at radius 1 is 1.31 bits per heavy atom. The van der Waals surface area contributed by atoms with Gasteiger partial charge in [-0.1, -0.05) is 11.6 Å². The summed E-state index contributed by atoms with van der Waals surface area (Å²) in [5.41, 5.74) is 0.548. The van der Waals surface area contributed by atoms with Crippen LogP contribution in [0.25, 0.3) is 0 Å². The third-order valence-electron chi connectivity index (χ3n) is 5.06. The lowest BCUT2D eigenvalue weighted by Crippen LogP contribution is -2.39. The summed E-state index contributed by atoms with van der Waals surface area (Å²) in [6, 6.07) is 4.86. The average Bonchev–Trinajstić information content (AvgIpc) is 3.21. The molecule has 1 heterocycles. The molecular weight excluding hydrogens is 360 g/mol. The number of anilines is 1. The quantitative estimate of drug-likeness (QED) is 0.815. The van der Waals surface area contributed by atoms with Crippen LogP contribution < -0.4 is 15.0 Å². The molecule has 140 valence electrons. The van der Waals surface area contributed by atoms with Gasteiger partial charge in [0.15, 0.2) is 0 Å². The predicted octanol–water partition coefficient (Wildman–Crippen LogP) is 2.07. The molecule has 2 amide bonds. The number of carboxylic acid groups (broad SMARTS) is 1. The Kier molecular flexibility index (Phi) is 5.36. The summed E-state index contributed by atoms with van der Waals surface area (Å²) in [7, 11) is 1.51. The van der Waals surface area contributed by atoms with E-state index in [2.05, 4.69) is 5.32 Å². The first-order valence-corrected chi connectivity index (χ1v) is 8.94. The van der Waals surface area contributed by atoms with Crippen molar-refractivity contribution in [2.24, 2.45) is 11.8 Å². The summed E-state index contributed by atoms with van der Waals surface area (Å²) in [5.74, 6) is -1.56. The molecule has 8 heteroatoms. The van der Waals surface area contributed by atoms with Crippen molar-refractivity contribution in [1.82, 2.24) is 5.32 Å². The number of methoxy groups -OCH3 is 1. The number of carboxylic acids is 1. The Balaban J connectivity index is 1.65. The molecule has 1 unspecified atom stereocenters. The highest BCUT2D eigenvalue weighted by atomic mass is 35.5. The van der Waals surface area contributed by atoms with Crippen LogP contribution in [0.5, 0.6) is 5.75 Å². The van der Waals surface area contributed by atoms with E-state index < -0.39 is 17.8 Å². The highest BCUT2D eigenvalue weighted by Crippen LogP contribution is 2.35. The number of hydrogen-bond donors (Lipinski definition) is 2. The SMILES string of the molecule is COc1ccc(Cl)cc1N1CC(C(=O)N[C@@H]2CC[C@H](C(=O)O)C2)CC1=O. The summed E-state index contributed by atoms with van der Waals surface area (Å²) < 4.78 is 5.29. The van der Waals surface area contributed by atoms with Crippen molar-refractivity contribution in [2.75, 3.05) is 18.6 Å². The fourth-order valence-corrected chi connectivity index (χ4v) is 3.81. The highest BCUT2D eigenvalue weighted by molar-refractivity contribution is 6.31. The second-order valence-corrected chi connectivity index (χ2v) is 7.21. The highest BCUT2D eigenvalue weighted by Gasteiger charge is 2.38. The predicted molar refractivity (Wildman–Crippen MR) is 95.4 cm³/mol. The number of amides is 2. The largest absolute Gasteiger partial charge is 0.495 e. The van der Waals surface area contributed by atoms with E-state index >= 15 is 0 Å². The van der Waals surface area contributed by atoms with E-state index in [0.717, 1.165) is 0 Å². The lowest BCUT2D eigenvalue weighted by atomic mass is 10.1. The Labute approximate surface area is 156 Å². The Morgan fingerprint density at radius 3 is 2.73 bits per heavy atom. The third-order valence-corrected chi connectivity index (χ3v) is 5.29. The van der Waals surface area contributed by atoms with Crippen LogP contribution in [-0.2, 0) is 14.4 Å². The molecule has 0 bridgehead atoms. The summed E-state index contributed by atoms with van der Waals surface area (Å²) in [4.78, 5) is 37.5. The molecule has 2 fully saturated rings. The number of aliphatic carboxylic acids is 1. The summed E-state index contributed by atoms with van der Waals surface area (Å²) in [5, 5.41) is 12.4. The maximum absolute atomic E-state index is 12.5. The van der Waals surface area contributed by atoms with Crippen LogP contribution in [0.1, 0.15) is 25.7 Å². The molecule has 3 atom stereocenters. The van der Waals surface area contributed by atoms with Gasteiger partial charge in [-0.15, -0.1) is 0 Å². The van der Waals surface area contributed by atoms with E-state index in [-0.39, 0.29) is 30.8 Å². The molecule has 1 saturated carbocycles. The smallest absolute Gasteiger partial charge is 0.306 e. The molecular formula is C18H21ClN2O5. The number of rotatable bonds is 5. The molecule has 0 spiro atoms. The maximum atomic E-state index is 12.5. The molecule has 1 aliphatic carbocycles. The lowest BCUT2D eigenvalue weighted by Gasteiger charge is -2.20. The van der Waals surface area contributed by atoms with Gasteiger partial charge in [0, 0.05) is 24.0 Å². The average molecular weight is 381 g/mol. The maximum Gasteiger partial charge on any atom is 0.306 e. The molecule has 2 aliphatic rings. The fourth-order valence-electron chi connectivity index (χ4n) is 3.65. The van der Waals surface area contributed by atoms with Gasteiger partial charge < -0.3 is 20.1 Å². The standard InChI is InChI=1S/C18H21ClN2O5/c1-26-15-5-3-12(19)8-14(15)21-9-11(7-16(21)22)17(23)20-13-4-2-10(6-13)18(24)25/h3,5,8,10-11,13H,2,4,6-7,9H2,1H3,(H,20,23)(H,24,25)/t10-,11?,13+/m0/s1. The fraction of sp³-hybridized carbons (Fsp3) is 0.500. The first kappa shape index (κ1) is 18.5. The minimum Gasteiger partial charge on any atom is -0.495 e. The Bertz CT molecular complexity index is 738. The van der Waals surface area contributed by atoms with Crippen molar-refractivity contribution in [3.05, 3.63) is 23.2 Å². The zero-order chi connectivity index (χ0) is 18.8. The molecule has 7 nitrogen and oxygen atoms in total. The Morgan fingerprint density at radius 2 is 2.08 bits per heavy atom. The van der Waals surface area contributed by atoms with Gasteiger partial charge in [0.1, 0.15) is 5.75 Å². The van der Waals surface area contributed by atoms with Crippen LogP contribution in [0.4, 0.5) is 5.69 Å². The minimum absolute atomic E-state index is 0.108. The summed E-state index contributed by atoms with van der Waals surface area (Å²) >= 11 is 6.03. The molecule has 1 aromatic rings. The number of carbonyl (C=O) groups excluding carboxylic acids is 2. The second-order valence-electron chi connectivity index (χ2n) is 6.78. The van der Waals surface area contributed by atoms with E-state index in [1.54, 1.807) is 18.2 Å². The number of hydrogen-bond acceptors (Lipinski definition) is 4. The number of ether oxygens (including phenoxy) is 1. The first-order valence-electron chi connectivity index (χ1n) is 8.56. The van der Waals surface area contributed by atoms with Gasteiger partial charge >= 0.3 is 5.97 Å². The third kappa shape index (κ3) is 3.77. The molecule has 0 aromatic heterocycles. The summed E-state index contributed by atoms with van der Waals surface area (Å²) in [6.07, 6.45) is 1.76. The number of nitrogens with zero attached hydrogens (tertiary/aromatic N) is 1. The lowest BCUT2D eigenvalue weighted by molar-refractivity contribution is -0.141. The molecule has 1 saturated heterocycles. The van der Waals surface area contributed by atoms with E-state index in [4.69, 9.17) is 21.4 Å². The normalized spacial score (nSPS) is 25.4. The van der Waals surface area contributed by atoms with Crippen LogP contribution in [-0.4, -0.2) is 42.6 Å². The second kappa shape index (κ2) is 7.53. The van der Waals surface area contributed by atoms with Crippen LogP contribution >= 0.6 is 11.6 Å². The molecule has 2 N–H and O–H groups in total. The van der Waals surface area contributed by atoms with Crippen molar-refractivity contribution in [1.29, 1.82) is 0 Å². The van der Waals surface area contributed by atoms with E-state index in [9.17, 15) is 14.4 Å². The molecule has 3 rings (SSSR count).